The molecule has 0 saturated heterocycles. The summed E-state index contributed by atoms with van der Waals surface area (Å²) in [5.41, 5.74) is 5.07. The lowest BCUT2D eigenvalue weighted by atomic mass is 9.84. The molecule has 0 aromatic heterocycles. The average molecular weight is 590 g/mol. The average Bonchev–Trinajstić information content (AvgIpc) is 3.20. The Balaban J connectivity index is 1.44. The minimum absolute atomic E-state index is 0.0274. The fraction of sp³-hybridized carbons (Fsp3) is 0. The largest absolute Gasteiger partial charge is 0.0636 e. The first kappa shape index (κ1) is 20.1. The lowest BCUT2D eigenvalue weighted by Crippen LogP contribution is -1.92. The number of rotatable bonds is 4. The lowest BCUT2D eigenvalue weighted by molar-refractivity contribution is 1.62. The van der Waals surface area contributed by atoms with Gasteiger partial charge in [-0.05, 0) is 99.7 Å². The van der Waals surface area contributed by atoms with Gasteiger partial charge in [0.2, 0.25) is 0 Å². The zero-order valence-corrected chi connectivity index (χ0v) is 24.8. The van der Waals surface area contributed by atoms with Crippen LogP contribution >= 0.6 is 0 Å². The topological polar surface area (TPSA) is 0 Å². The molecule has 0 bridgehead atoms. The molecule has 9 rings (SSSR count). The van der Waals surface area contributed by atoms with Gasteiger partial charge in [0.05, 0.1) is 9.60 Å². The third kappa shape index (κ3) is 4.38. The normalized spacial score (nSPS) is 13.6. The molecule has 0 unspecified atom stereocenters. The highest BCUT2D eigenvalue weighted by molar-refractivity contribution is 6.22. The van der Waals surface area contributed by atoms with Crippen LogP contribution in [0.4, 0.5) is 0 Å². The van der Waals surface area contributed by atoms with E-state index in [-0.39, 0.29) is 53.1 Å². The number of fused-ring (bicyclic) bond motifs is 4. The number of benzene rings is 9. The summed E-state index contributed by atoms with van der Waals surface area (Å²) in [6.45, 7) is 0. The van der Waals surface area contributed by atoms with Gasteiger partial charge in [0.1, 0.15) is 0 Å². The molecule has 0 saturated carbocycles. The quantitative estimate of drug-likeness (QED) is 0.179. The monoisotopic (exact) mass is 589 g/mol. The summed E-state index contributed by atoms with van der Waals surface area (Å²) in [6.07, 6.45) is 0. The Bertz CT molecular complexity index is 2950. The van der Waals surface area contributed by atoms with Crippen molar-refractivity contribution in [3.05, 3.63) is 182 Å². The Morgan fingerprint density at radius 1 is 0.326 bits per heavy atom. The fourth-order valence-electron chi connectivity index (χ4n) is 6.68. The maximum Gasteiger partial charge on any atom is 0.0636 e. The van der Waals surface area contributed by atoms with Crippen LogP contribution in [-0.4, -0.2) is 0 Å². The van der Waals surface area contributed by atoms with E-state index in [0.29, 0.717) is 44.2 Å². The molecule has 214 valence electrons. The van der Waals surface area contributed by atoms with Crippen LogP contribution in [-0.2, 0) is 0 Å². The summed E-state index contributed by atoms with van der Waals surface area (Å²) in [4.78, 5) is 0. The van der Waals surface area contributed by atoms with Crippen LogP contribution in [0.2, 0.25) is 0 Å². The second-order valence-electron chi connectivity index (χ2n) is 11.5. The van der Waals surface area contributed by atoms with Gasteiger partial charge in [-0.2, -0.15) is 0 Å². The maximum absolute atomic E-state index is 9.95. The van der Waals surface area contributed by atoms with E-state index in [1.165, 1.54) is 0 Å². The van der Waals surface area contributed by atoms with Crippen molar-refractivity contribution in [2.24, 2.45) is 0 Å². The molecule has 0 N–H and O–H groups in total. The molecule has 0 aliphatic heterocycles. The molecule has 0 aliphatic carbocycles. The van der Waals surface area contributed by atoms with Gasteiger partial charge in [0.25, 0.3) is 0 Å². The van der Waals surface area contributed by atoms with E-state index < -0.39 is 0 Å². The fourth-order valence-corrected chi connectivity index (χ4v) is 6.68. The highest BCUT2D eigenvalue weighted by Crippen LogP contribution is 2.45. The summed E-state index contributed by atoms with van der Waals surface area (Å²) in [5.74, 6) is 0. The molecule has 9 aromatic carbocycles. The Labute approximate surface area is 278 Å². The van der Waals surface area contributed by atoms with Gasteiger partial charge >= 0.3 is 0 Å². The zero-order valence-electron chi connectivity index (χ0n) is 31.8. The molecule has 0 fully saturated rings. The molecule has 0 heteroatoms. The predicted molar refractivity (Wildman–Crippen MR) is 198 cm³/mol. The molecule has 0 heterocycles. The Morgan fingerprint density at radius 3 is 1.72 bits per heavy atom. The second kappa shape index (κ2) is 10.9. The van der Waals surface area contributed by atoms with Gasteiger partial charge in [-0.15, -0.1) is 0 Å². The van der Waals surface area contributed by atoms with E-state index in [2.05, 4.69) is 30.3 Å². The highest BCUT2D eigenvalue weighted by atomic mass is 14.2. The van der Waals surface area contributed by atoms with Crippen molar-refractivity contribution in [1.29, 1.82) is 0 Å². The molecular weight excluding hydrogens is 553 g/mol. The summed E-state index contributed by atoms with van der Waals surface area (Å²) >= 11 is 0. The summed E-state index contributed by atoms with van der Waals surface area (Å²) in [6, 6.07) is 43.7. The Kier molecular flexibility index (Phi) is 4.76. The minimum atomic E-state index is -0.383. The second-order valence-corrected chi connectivity index (χ2v) is 11.5. The van der Waals surface area contributed by atoms with Crippen molar-refractivity contribution in [3.63, 3.8) is 0 Å². The van der Waals surface area contributed by atoms with E-state index in [1.54, 1.807) is 0 Å². The SMILES string of the molecule is [2H]c1c([2H])c([2H])c2c(-c3ccccc3)c3c([2H])c(-c4cccc5ccccc45)c([2H])c([2H])c3c(-c3ccc(-c4ccc5ccccc5c4)cc3)c2c1[2H]. The number of hydrogen-bond donors (Lipinski definition) is 0. The summed E-state index contributed by atoms with van der Waals surface area (Å²) in [5, 5.41) is 5.25. The molecule has 0 radical (unpaired) electrons. The molecule has 0 nitrogen and oxygen atoms in total. The first-order valence-corrected chi connectivity index (χ1v) is 15.4. The van der Waals surface area contributed by atoms with Crippen molar-refractivity contribution in [2.45, 2.75) is 0 Å². The van der Waals surface area contributed by atoms with Gasteiger partial charge in [0.15, 0.2) is 0 Å². The van der Waals surface area contributed by atoms with Gasteiger partial charge in [0, 0.05) is 0 Å². The zero-order chi connectivity index (χ0) is 36.5. The van der Waals surface area contributed by atoms with Crippen molar-refractivity contribution < 1.29 is 9.60 Å². The van der Waals surface area contributed by atoms with E-state index >= 15 is 0 Å². The van der Waals surface area contributed by atoms with Crippen LogP contribution in [0.3, 0.4) is 0 Å². The maximum atomic E-state index is 9.95. The Morgan fingerprint density at radius 2 is 0.913 bits per heavy atom. The van der Waals surface area contributed by atoms with Crippen molar-refractivity contribution >= 4 is 43.1 Å². The first-order chi connectivity index (χ1) is 25.7. The molecule has 9 aromatic rings. The molecule has 0 atom stereocenters. The van der Waals surface area contributed by atoms with E-state index in [4.69, 9.17) is 2.74 Å². The van der Waals surface area contributed by atoms with E-state index in [0.717, 1.165) is 32.7 Å². The van der Waals surface area contributed by atoms with E-state index in [1.807, 2.05) is 109 Å². The molecule has 0 aliphatic rings. The van der Waals surface area contributed by atoms with Gasteiger partial charge < -0.3 is 0 Å². The van der Waals surface area contributed by atoms with Gasteiger partial charge in [-0.3, -0.25) is 0 Å². The standard InChI is InChI=1S/C46H30/c1-2-13-34(14-3-1)46-42-19-9-8-18-41(42)45(35-24-21-32(22-25-35)37-26-23-31-11-4-5-15-36(31)29-37)43-28-27-38(30-44(43)46)40-20-10-16-33-12-6-7-17-39(33)40/h1-30H/i8D,9D,18D,19D,27D,28D,30D. The van der Waals surface area contributed by atoms with Crippen LogP contribution in [0.1, 0.15) is 9.60 Å². The van der Waals surface area contributed by atoms with Crippen LogP contribution in [0, 0.1) is 0 Å². The van der Waals surface area contributed by atoms with Crippen molar-refractivity contribution in [2.75, 3.05) is 0 Å². The lowest BCUT2D eigenvalue weighted by Gasteiger charge is -2.19. The smallest absolute Gasteiger partial charge is 0.0622 e. The van der Waals surface area contributed by atoms with Crippen LogP contribution in [0.15, 0.2) is 182 Å². The van der Waals surface area contributed by atoms with Crippen molar-refractivity contribution in [1.82, 2.24) is 0 Å². The van der Waals surface area contributed by atoms with Gasteiger partial charge in [-0.1, -0.05) is 170 Å². The van der Waals surface area contributed by atoms with Crippen molar-refractivity contribution in [3.8, 4) is 44.5 Å². The van der Waals surface area contributed by atoms with Crippen LogP contribution in [0.5, 0.6) is 0 Å². The highest BCUT2D eigenvalue weighted by Gasteiger charge is 2.18. The molecule has 46 heavy (non-hydrogen) atoms. The molecular formula is C46H30. The Hall–Kier alpha value is -5.98. The van der Waals surface area contributed by atoms with Gasteiger partial charge in [-0.25, -0.2) is 0 Å². The summed E-state index contributed by atoms with van der Waals surface area (Å²) < 4.78 is 65.3. The molecule has 0 spiro atoms. The third-order valence-corrected chi connectivity index (χ3v) is 8.88. The minimum Gasteiger partial charge on any atom is -0.0622 e. The molecule has 0 amide bonds. The third-order valence-electron chi connectivity index (χ3n) is 8.88. The number of hydrogen-bond acceptors (Lipinski definition) is 0. The van der Waals surface area contributed by atoms with Crippen LogP contribution < -0.4 is 0 Å². The predicted octanol–water partition coefficient (Wildman–Crippen LogP) is 13.0. The van der Waals surface area contributed by atoms with E-state index in [9.17, 15) is 6.85 Å². The summed E-state index contributed by atoms with van der Waals surface area (Å²) in [7, 11) is 0. The first-order valence-electron chi connectivity index (χ1n) is 18.9. The van der Waals surface area contributed by atoms with Crippen LogP contribution in [0.25, 0.3) is 87.6 Å².